The van der Waals surface area contributed by atoms with Crippen LogP contribution in [0.3, 0.4) is 0 Å². The summed E-state index contributed by atoms with van der Waals surface area (Å²) in [6, 6.07) is 2.01. The molecule has 124 valence electrons. The van der Waals surface area contributed by atoms with E-state index in [1.807, 2.05) is 20.8 Å². The summed E-state index contributed by atoms with van der Waals surface area (Å²) in [5, 5.41) is 2.69. The highest BCUT2D eigenvalue weighted by Crippen LogP contribution is 2.27. The van der Waals surface area contributed by atoms with E-state index in [0.29, 0.717) is 0 Å². The number of sulfone groups is 1. The van der Waals surface area contributed by atoms with Crippen molar-refractivity contribution in [1.82, 2.24) is 5.32 Å². The Labute approximate surface area is 137 Å². The van der Waals surface area contributed by atoms with Gasteiger partial charge in [0.25, 0.3) is 0 Å². The Morgan fingerprint density at radius 3 is 2.55 bits per heavy atom. The van der Waals surface area contributed by atoms with Crippen molar-refractivity contribution < 1.29 is 13.2 Å². The molecule has 1 atom stereocenters. The van der Waals surface area contributed by atoms with Gasteiger partial charge < -0.3 is 5.32 Å². The number of carbonyl (C=O) groups excluding carboxylic acids is 1. The van der Waals surface area contributed by atoms with Crippen molar-refractivity contribution >= 4 is 27.1 Å². The van der Waals surface area contributed by atoms with E-state index >= 15 is 0 Å². The van der Waals surface area contributed by atoms with Crippen LogP contribution in [-0.2, 0) is 14.6 Å². The van der Waals surface area contributed by atoms with Crippen molar-refractivity contribution in [2.45, 2.75) is 64.2 Å². The fourth-order valence-corrected chi connectivity index (χ4v) is 6.00. The summed E-state index contributed by atoms with van der Waals surface area (Å²) >= 11 is 1.71. The van der Waals surface area contributed by atoms with E-state index in [1.54, 1.807) is 11.3 Å². The summed E-state index contributed by atoms with van der Waals surface area (Å²) in [6.45, 7) is 6.03. The van der Waals surface area contributed by atoms with E-state index in [0.717, 1.165) is 31.2 Å². The average molecular weight is 344 g/mol. The van der Waals surface area contributed by atoms with E-state index in [4.69, 9.17) is 0 Å². The second-order valence-electron chi connectivity index (χ2n) is 6.18. The predicted molar refractivity (Wildman–Crippen MR) is 91.0 cm³/mol. The first kappa shape index (κ1) is 17.5. The minimum atomic E-state index is -3.12. The van der Waals surface area contributed by atoms with Gasteiger partial charge in [-0.3, -0.25) is 4.79 Å². The molecule has 22 heavy (non-hydrogen) atoms. The van der Waals surface area contributed by atoms with E-state index in [1.165, 1.54) is 9.75 Å². The second-order valence-corrected chi connectivity index (χ2v) is 10.0. The zero-order valence-corrected chi connectivity index (χ0v) is 15.1. The maximum atomic E-state index is 12.2. The lowest BCUT2D eigenvalue weighted by Gasteiger charge is -2.15. The van der Waals surface area contributed by atoms with Crippen LogP contribution >= 0.6 is 11.3 Å². The number of hydrogen-bond donors (Lipinski definition) is 1. The SMILES string of the molecule is Cc1cc(C(C)NC(=O)CCS(=O)(=O)C2CCCC2)c(C)s1. The van der Waals surface area contributed by atoms with Gasteiger partial charge in [0.15, 0.2) is 9.84 Å². The van der Waals surface area contributed by atoms with Crippen LogP contribution in [0.2, 0.25) is 0 Å². The lowest BCUT2D eigenvalue weighted by atomic mass is 10.1. The van der Waals surface area contributed by atoms with Crippen LogP contribution in [0.1, 0.15) is 60.4 Å². The maximum absolute atomic E-state index is 12.2. The standard InChI is InChI=1S/C16H25NO3S2/c1-11-10-15(13(3)21-11)12(2)17-16(18)8-9-22(19,20)14-6-4-5-7-14/h10,12,14H,4-9H2,1-3H3,(H,17,18). The lowest BCUT2D eigenvalue weighted by molar-refractivity contribution is -0.121. The fourth-order valence-electron chi connectivity index (χ4n) is 3.12. The maximum Gasteiger partial charge on any atom is 0.221 e. The third kappa shape index (κ3) is 4.32. The minimum Gasteiger partial charge on any atom is -0.350 e. The first-order valence-electron chi connectivity index (χ1n) is 7.87. The average Bonchev–Trinajstić information content (AvgIpc) is 3.06. The first-order chi connectivity index (χ1) is 10.3. The molecule has 4 nitrogen and oxygen atoms in total. The quantitative estimate of drug-likeness (QED) is 0.862. The Morgan fingerprint density at radius 2 is 2.00 bits per heavy atom. The van der Waals surface area contributed by atoms with E-state index in [-0.39, 0.29) is 29.4 Å². The van der Waals surface area contributed by atoms with Crippen LogP contribution < -0.4 is 5.32 Å². The van der Waals surface area contributed by atoms with Crippen molar-refractivity contribution in [1.29, 1.82) is 0 Å². The monoisotopic (exact) mass is 343 g/mol. The molecule has 0 spiro atoms. The number of hydrogen-bond acceptors (Lipinski definition) is 4. The largest absolute Gasteiger partial charge is 0.350 e. The molecular weight excluding hydrogens is 318 g/mol. The second kappa shape index (κ2) is 7.13. The Bertz CT molecular complexity index is 628. The Morgan fingerprint density at radius 1 is 1.36 bits per heavy atom. The van der Waals surface area contributed by atoms with E-state index in [9.17, 15) is 13.2 Å². The predicted octanol–water partition coefficient (Wildman–Crippen LogP) is 3.29. The molecule has 1 heterocycles. The molecular formula is C16H25NO3S2. The molecule has 1 fully saturated rings. The molecule has 1 N–H and O–H groups in total. The van der Waals surface area contributed by atoms with Gasteiger partial charge in [0, 0.05) is 16.2 Å². The third-order valence-corrected chi connectivity index (χ3v) is 7.59. The van der Waals surface area contributed by atoms with Gasteiger partial charge in [0.1, 0.15) is 0 Å². The van der Waals surface area contributed by atoms with Crippen LogP contribution in [-0.4, -0.2) is 25.3 Å². The summed E-state index contributed by atoms with van der Waals surface area (Å²) in [5.41, 5.74) is 1.12. The fraction of sp³-hybridized carbons (Fsp3) is 0.688. The summed E-state index contributed by atoms with van der Waals surface area (Å²) in [7, 11) is -3.12. The molecule has 0 bridgehead atoms. The van der Waals surface area contributed by atoms with Crippen LogP contribution in [0.25, 0.3) is 0 Å². The Hall–Kier alpha value is -0.880. The van der Waals surface area contributed by atoms with Gasteiger partial charge in [-0.15, -0.1) is 11.3 Å². The number of rotatable bonds is 6. The molecule has 1 aromatic heterocycles. The minimum absolute atomic E-state index is 0.0299. The Kier molecular flexibility index (Phi) is 5.66. The van der Waals surface area contributed by atoms with Crippen molar-refractivity contribution in [3.63, 3.8) is 0 Å². The van der Waals surface area contributed by atoms with Crippen LogP contribution in [0.15, 0.2) is 6.07 Å². The van der Waals surface area contributed by atoms with Crippen LogP contribution in [0.5, 0.6) is 0 Å². The highest BCUT2D eigenvalue weighted by atomic mass is 32.2. The highest BCUT2D eigenvalue weighted by molar-refractivity contribution is 7.92. The topological polar surface area (TPSA) is 63.2 Å². The number of nitrogens with one attached hydrogen (secondary N) is 1. The summed E-state index contributed by atoms with van der Waals surface area (Å²) < 4.78 is 24.3. The molecule has 1 aliphatic rings. The highest BCUT2D eigenvalue weighted by Gasteiger charge is 2.29. The molecule has 2 rings (SSSR count). The van der Waals surface area contributed by atoms with Crippen LogP contribution in [0, 0.1) is 13.8 Å². The molecule has 0 aromatic carbocycles. The van der Waals surface area contributed by atoms with Gasteiger partial charge >= 0.3 is 0 Å². The molecule has 1 aromatic rings. The number of amides is 1. The van der Waals surface area contributed by atoms with Crippen molar-refractivity contribution in [2.75, 3.05) is 5.75 Å². The number of carbonyl (C=O) groups is 1. The van der Waals surface area contributed by atoms with Crippen molar-refractivity contribution in [3.8, 4) is 0 Å². The van der Waals surface area contributed by atoms with Gasteiger partial charge in [0.05, 0.1) is 17.0 Å². The first-order valence-corrected chi connectivity index (χ1v) is 10.4. The molecule has 6 heteroatoms. The summed E-state index contributed by atoms with van der Waals surface area (Å²) in [4.78, 5) is 14.5. The Balaban J connectivity index is 1.86. The zero-order chi connectivity index (χ0) is 16.3. The number of thiophene rings is 1. The third-order valence-electron chi connectivity index (χ3n) is 4.35. The molecule has 1 aliphatic carbocycles. The van der Waals surface area contributed by atoms with Gasteiger partial charge in [0.2, 0.25) is 5.91 Å². The van der Waals surface area contributed by atoms with Gasteiger partial charge in [-0.2, -0.15) is 0 Å². The smallest absolute Gasteiger partial charge is 0.221 e. The van der Waals surface area contributed by atoms with Crippen LogP contribution in [0.4, 0.5) is 0 Å². The molecule has 0 aliphatic heterocycles. The molecule has 0 saturated heterocycles. The van der Waals surface area contributed by atoms with Crippen molar-refractivity contribution in [2.24, 2.45) is 0 Å². The summed E-state index contributed by atoms with van der Waals surface area (Å²) in [5.74, 6) is -0.213. The molecule has 1 saturated carbocycles. The normalized spacial score (nSPS) is 17.6. The van der Waals surface area contributed by atoms with Gasteiger partial charge in [-0.1, -0.05) is 12.8 Å². The van der Waals surface area contributed by atoms with Gasteiger partial charge in [-0.05, 0) is 45.2 Å². The lowest BCUT2D eigenvalue weighted by Crippen LogP contribution is -2.30. The zero-order valence-electron chi connectivity index (χ0n) is 13.5. The van der Waals surface area contributed by atoms with Gasteiger partial charge in [-0.25, -0.2) is 8.42 Å². The molecule has 1 unspecified atom stereocenters. The van der Waals surface area contributed by atoms with Crippen molar-refractivity contribution in [3.05, 3.63) is 21.4 Å². The molecule has 1 amide bonds. The summed E-state index contributed by atoms with van der Waals surface area (Å²) in [6.07, 6.45) is 3.56. The van der Waals surface area contributed by atoms with E-state index in [2.05, 4.69) is 11.4 Å². The molecule has 0 radical (unpaired) electrons. The number of aryl methyl sites for hydroxylation is 2. The van der Waals surface area contributed by atoms with E-state index < -0.39 is 9.84 Å².